The number of carbonyl (C=O) groups excluding carboxylic acids is 1. The van der Waals surface area contributed by atoms with Crippen molar-refractivity contribution in [2.24, 2.45) is 11.7 Å². The molecule has 0 saturated heterocycles. The zero-order valence-corrected chi connectivity index (χ0v) is 9.05. The van der Waals surface area contributed by atoms with E-state index in [-0.39, 0.29) is 11.4 Å². The van der Waals surface area contributed by atoms with Gasteiger partial charge in [0.25, 0.3) is 0 Å². The second-order valence-corrected chi connectivity index (χ2v) is 4.74. The van der Waals surface area contributed by atoms with Gasteiger partial charge in [0, 0.05) is 18.5 Å². The van der Waals surface area contributed by atoms with Gasteiger partial charge in [0.1, 0.15) is 0 Å². The van der Waals surface area contributed by atoms with Crippen molar-refractivity contribution in [2.75, 3.05) is 6.54 Å². The van der Waals surface area contributed by atoms with Gasteiger partial charge in [-0.25, -0.2) is 0 Å². The minimum atomic E-state index is -0.318. The Morgan fingerprint density at radius 1 is 1.64 bits per heavy atom. The molecule has 0 fully saturated rings. The Kier molecular flexibility index (Phi) is 3.69. The summed E-state index contributed by atoms with van der Waals surface area (Å²) in [4.78, 5) is 11.4. The molecule has 0 spiro atoms. The quantitative estimate of drug-likeness (QED) is 0.664. The van der Waals surface area contributed by atoms with Crippen molar-refractivity contribution in [3.8, 4) is 0 Å². The molecule has 0 aromatic rings. The molecule has 3 heteroatoms. The van der Waals surface area contributed by atoms with Crippen LogP contribution >= 0.6 is 0 Å². The summed E-state index contributed by atoms with van der Waals surface area (Å²) in [6.07, 6.45) is 7.10. The first-order valence-corrected chi connectivity index (χ1v) is 5.19. The number of carbonyl (C=O) groups is 1. The molecule has 1 unspecified atom stereocenters. The Morgan fingerprint density at radius 3 is 2.86 bits per heavy atom. The summed E-state index contributed by atoms with van der Waals surface area (Å²) < 4.78 is 0. The predicted octanol–water partition coefficient (Wildman–Crippen LogP) is 1.20. The Balaban J connectivity index is 2.19. The summed E-state index contributed by atoms with van der Waals surface area (Å²) >= 11 is 0. The van der Waals surface area contributed by atoms with Crippen molar-refractivity contribution < 1.29 is 4.79 Å². The molecule has 0 radical (unpaired) electrons. The van der Waals surface area contributed by atoms with Crippen molar-refractivity contribution in [1.29, 1.82) is 0 Å². The fourth-order valence-corrected chi connectivity index (χ4v) is 1.50. The zero-order valence-electron chi connectivity index (χ0n) is 9.05. The Morgan fingerprint density at radius 2 is 2.36 bits per heavy atom. The first-order chi connectivity index (χ1) is 6.47. The lowest BCUT2D eigenvalue weighted by atomic mass is 10.0. The summed E-state index contributed by atoms with van der Waals surface area (Å²) in [6.45, 7) is 4.35. The van der Waals surface area contributed by atoms with Crippen LogP contribution in [0.4, 0.5) is 0 Å². The molecule has 0 aliphatic heterocycles. The third-order valence-corrected chi connectivity index (χ3v) is 2.30. The smallest absolute Gasteiger partial charge is 0.220 e. The third-order valence-electron chi connectivity index (χ3n) is 2.30. The number of allylic oxidation sites excluding steroid dienone is 2. The van der Waals surface area contributed by atoms with E-state index in [9.17, 15) is 4.79 Å². The average Bonchev–Trinajstić information content (AvgIpc) is 2.52. The summed E-state index contributed by atoms with van der Waals surface area (Å²) in [5.74, 6) is 0.552. The molecule has 1 amide bonds. The summed E-state index contributed by atoms with van der Waals surface area (Å²) in [5, 5.41) is 2.85. The fraction of sp³-hybridized carbons (Fsp3) is 0.727. The van der Waals surface area contributed by atoms with Gasteiger partial charge in [0.2, 0.25) is 5.91 Å². The number of nitrogens with two attached hydrogens (primary N) is 1. The van der Waals surface area contributed by atoms with Crippen molar-refractivity contribution in [1.82, 2.24) is 5.32 Å². The highest BCUT2D eigenvalue weighted by Crippen LogP contribution is 2.19. The van der Waals surface area contributed by atoms with E-state index in [2.05, 4.69) is 17.5 Å². The van der Waals surface area contributed by atoms with Crippen molar-refractivity contribution in [3.63, 3.8) is 0 Å². The molecule has 1 aliphatic carbocycles. The number of hydrogen-bond donors (Lipinski definition) is 2. The molecule has 3 nitrogen and oxygen atoms in total. The molecular weight excluding hydrogens is 176 g/mol. The Labute approximate surface area is 85.7 Å². The van der Waals surface area contributed by atoms with Crippen LogP contribution in [-0.4, -0.2) is 18.0 Å². The van der Waals surface area contributed by atoms with E-state index in [1.807, 2.05) is 13.8 Å². The molecule has 1 rings (SSSR count). The van der Waals surface area contributed by atoms with E-state index in [0.717, 1.165) is 12.8 Å². The minimum absolute atomic E-state index is 0.111. The number of nitrogens with one attached hydrogen (secondary N) is 1. The Hall–Kier alpha value is -0.830. The van der Waals surface area contributed by atoms with Gasteiger partial charge >= 0.3 is 0 Å². The van der Waals surface area contributed by atoms with Crippen LogP contribution < -0.4 is 11.1 Å². The van der Waals surface area contributed by atoms with Gasteiger partial charge in [-0.3, -0.25) is 4.79 Å². The van der Waals surface area contributed by atoms with Gasteiger partial charge in [-0.1, -0.05) is 12.2 Å². The first kappa shape index (κ1) is 11.2. The van der Waals surface area contributed by atoms with Gasteiger partial charge in [0.05, 0.1) is 0 Å². The van der Waals surface area contributed by atoms with Crippen LogP contribution in [0, 0.1) is 5.92 Å². The van der Waals surface area contributed by atoms with Crippen LogP contribution in [0.25, 0.3) is 0 Å². The zero-order chi connectivity index (χ0) is 10.6. The average molecular weight is 196 g/mol. The maximum Gasteiger partial charge on any atom is 0.220 e. The van der Waals surface area contributed by atoms with Crippen molar-refractivity contribution in [3.05, 3.63) is 12.2 Å². The molecule has 0 heterocycles. The van der Waals surface area contributed by atoms with E-state index in [1.54, 1.807) is 0 Å². The summed E-state index contributed by atoms with van der Waals surface area (Å²) in [7, 11) is 0. The summed E-state index contributed by atoms with van der Waals surface area (Å²) in [5.41, 5.74) is 5.44. The van der Waals surface area contributed by atoms with E-state index in [0.29, 0.717) is 18.9 Å². The van der Waals surface area contributed by atoms with Crippen LogP contribution in [0.2, 0.25) is 0 Å². The van der Waals surface area contributed by atoms with E-state index in [1.165, 1.54) is 0 Å². The maximum absolute atomic E-state index is 11.4. The Bertz CT molecular complexity index is 228. The largest absolute Gasteiger partial charge is 0.354 e. The molecule has 0 aromatic heterocycles. The third kappa shape index (κ3) is 4.42. The van der Waals surface area contributed by atoms with Crippen molar-refractivity contribution in [2.45, 2.75) is 38.6 Å². The standard InChI is InChI=1S/C11H20N2O/c1-11(2,12)8-13-10(14)7-9-5-3-4-6-9/h3,5,9H,4,6-8,12H2,1-2H3,(H,13,14). The lowest BCUT2D eigenvalue weighted by Crippen LogP contribution is -2.45. The second-order valence-electron chi connectivity index (χ2n) is 4.74. The van der Waals surface area contributed by atoms with Crippen molar-refractivity contribution >= 4 is 5.91 Å². The van der Waals surface area contributed by atoms with E-state index >= 15 is 0 Å². The number of hydrogen-bond acceptors (Lipinski definition) is 2. The fourth-order valence-electron chi connectivity index (χ4n) is 1.50. The molecule has 80 valence electrons. The predicted molar refractivity (Wildman–Crippen MR) is 57.8 cm³/mol. The van der Waals surface area contributed by atoms with Gasteiger partial charge in [-0.2, -0.15) is 0 Å². The normalized spacial score (nSPS) is 21.2. The number of amides is 1. The topological polar surface area (TPSA) is 55.1 Å². The van der Waals surface area contributed by atoms with E-state index < -0.39 is 0 Å². The highest BCUT2D eigenvalue weighted by molar-refractivity contribution is 5.76. The van der Waals surface area contributed by atoms with Gasteiger partial charge < -0.3 is 11.1 Å². The van der Waals surface area contributed by atoms with Crippen LogP contribution in [0.1, 0.15) is 33.1 Å². The molecule has 1 atom stereocenters. The number of rotatable bonds is 4. The monoisotopic (exact) mass is 196 g/mol. The molecule has 3 N–H and O–H groups in total. The van der Waals surface area contributed by atoms with Gasteiger partial charge in [-0.15, -0.1) is 0 Å². The molecule has 14 heavy (non-hydrogen) atoms. The van der Waals surface area contributed by atoms with Gasteiger partial charge in [-0.05, 0) is 32.6 Å². The van der Waals surface area contributed by atoms with Crippen LogP contribution in [-0.2, 0) is 4.79 Å². The lowest BCUT2D eigenvalue weighted by molar-refractivity contribution is -0.121. The van der Waals surface area contributed by atoms with Gasteiger partial charge in [0.15, 0.2) is 0 Å². The molecule has 0 saturated carbocycles. The molecular formula is C11H20N2O. The molecule has 0 aromatic carbocycles. The highest BCUT2D eigenvalue weighted by atomic mass is 16.1. The van der Waals surface area contributed by atoms with E-state index in [4.69, 9.17) is 5.73 Å². The highest BCUT2D eigenvalue weighted by Gasteiger charge is 2.16. The molecule has 1 aliphatic rings. The second kappa shape index (κ2) is 4.60. The molecule has 0 bridgehead atoms. The van der Waals surface area contributed by atoms with Crippen LogP contribution in [0.5, 0.6) is 0 Å². The lowest BCUT2D eigenvalue weighted by Gasteiger charge is -2.19. The van der Waals surface area contributed by atoms with Crippen LogP contribution in [0.3, 0.4) is 0 Å². The maximum atomic E-state index is 11.4. The van der Waals surface area contributed by atoms with Crippen LogP contribution in [0.15, 0.2) is 12.2 Å². The summed E-state index contributed by atoms with van der Waals surface area (Å²) in [6, 6.07) is 0. The minimum Gasteiger partial charge on any atom is -0.354 e. The SMILES string of the molecule is CC(C)(N)CNC(=O)CC1C=CCC1. The first-order valence-electron chi connectivity index (χ1n) is 5.19.